The molecule has 1 saturated heterocycles. The van der Waals surface area contributed by atoms with Gasteiger partial charge in [-0.1, -0.05) is 17.3 Å². The van der Waals surface area contributed by atoms with E-state index in [9.17, 15) is 4.79 Å². The van der Waals surface area contributed by atoms with Crippen molar-refractivity contribution in [1.82, 2.24) is 24.7 Å². The molecule has 0 bridgehead atoms. The summed E-state index contributed by atoms with van der Waals surface area (Å²) in [5, 5.41) is 9.77. The van der Waals surface area contributed by atoms with Crippen LogP contribution in [0.15, 0.2) is 35.0 Å². The number of piperidine rings is 1. The number of aryl methyl sites for hydroxylation is 1. The van der Waals surface area contributed by atoms with Crippen LogP contribution in [0.5, 0.6) is 0 Å². The maximum atomic E-state index is 12.9. The number of likely N-dealkylation sites (tertiary alicyclic amines) is 1. The third-order valence-electron chi connectivity index (χ3n) is 6.49. The van der Waals surface area contributed by atoms with E-state index in [1.165, 1.54) is 0 Å². The molecule has 2 aliphatic heterocycles. The third kappa shape index (κ3) is 3.44. The fourth-order valence-electron chi connectivity index (χ4n) is 4.75. The zero-order valence-electron chi connectivity index (χ0n) is 16.9. The summed E-state index contributed by atoms with van der Waals surface area (Å²) >= 11 is 0. The molecule has 0 N–H and O–H groups in total. The van der Waals surface area contributed by atoms with Gasteiger partial charge in [-0.05, 0) is 50.9 Å². The molecule has 2 aliphatic rings. The molecule has 7 nitrogen and oxygen atoms in total. The highest BCUT2D eigenvalue weighted by Crippen LogP contribution is 2.32. The van der Waals surface area contributed by atoms with Crippen molar-refractivity contribution in [3.05, 3.63) is 47.4 Å². The molecule has 0 spiro atoms. The predicted octanol–water partition coefficient (Wildman–Crippen LogP) is 2.83. The van der Waals surface area contributed by atoms with Crippen molar-refractivity contribution in [3.63, 3.8) is 0 Å². The Labute approximate surface area is 170 Å². The number of nitrogens with zero attached hydrogens (tertiary/aromatic N) is 5. The van der Waals surface area contributed by atoms with E-state index in [-0.39, 0.29) is 5.91 Å². The van der Waals surface area contributed by atoms with Gasteiger partial charge in [-0.2, -0.15) is 5.10 Å². The molecule has 5 rings (SSSR count). The van der Waals surface area contributed by atoms with Gasteiger partial charge >= 0.3 is 0 Å². The van der Waals surface area contributed by atoms with Gasteiger partial charge in [0.1, 0.15) is 0 Å². The maximum Gasteiger partial charge on any atom is 0.257 e. The fourth-order valence-corrected chi connectivity index (χ4v) is 4.75. The predicted molar refractivity (Wildman–Crippen MR) is 110 cm³/mol. The SMILES string of the molecule is Cn1ncc2c1CCCN(CCN1CCC(c3noc4ccccc34)CC1)C2=O. The smallest absolute Gasteiger partial charge is 0.257 e. The van der Waals surface area contributed by atoms with Crippen LogP contribution in [-0.4, -0.2) is 63.4 Å². The minimum Gasteiger partial charge on any atom is -0.356 e. The van der Waals surface area contributed by atoms with Gasteiger partial charge in [0.2, 0.25) is 0 Å². The van der Waals surface area contributed by atoms with Crippen molar-refractivity contribution in [3.8, 4) is 0 Å². The van der Waals surface area contributed by atoms with E-state index in [2.05, 4.69) is 21.2 Å². The average Bonchev–Trinajstić information content (AvgIpc) is 3.30. The molecular formula is C22H27N5O2. The number of amides is 1. The largest absolute Gasteiger partial charge is 0.356 e. The number of fused-ring (bicyclic) bond motifs is 2. The van der Waals surface area contributed by atoms with Gasteiger partial charge in [-0.25, -0.2) is 0 Å². The van der Waals surface area contributed by atoms with Crippen LogP contribution in [0.2, 0.25) is 0 Å². The maximum absolute atomic E-state index is 12.9. The lowest BCUT2D eigenvalue weighted by atomic mass is 9.91. The first-order valence-electron chi connectivity index (χ1n) is 10.6. The van der Waals surface area contributed by atoms with Crippen LogP contribution < -0.4 is 0 Å². The molecule has 7 heteroatoms. The quantitative estimate of drug-likeness (QED) is 0.682. The van der Waals surface area contributed by atoms with Crippen LogP contribution in [0, 0.1) is 0 Å². The molecular weight excluding hydrogens is 366 g/mol. The number of carbonyl (C=O) groups is 1. The number of hydrogen-bond donors (Lipinski definition) is 0. The lowest BCUT2D eigenvalue weighted by Gasteiger charge is -2.32. The van der Waals surface area contributed by atoms with Crippen molar-refractivity contribution in [2.75, 3.05) is 32.7 Å². The van der Waals surface area contributed by atoms with Gasteiger partial charge in [0.15, 0.2) is 5.58 Å². The van der Waals surface area contributed by atoms with Crippen molar-refractivity contribution >= 4 is 16.9 Å². The summed E-state index contributed by atoms with van der Waals surface area (Å²) in [6.45, 7) is 4.60. The highest BCUT2D eigenvalue weighted by Gasteiger charge is 2.28. The van der Waals surface area contributed by atoms with Crippen molar-refractivity contribution in [2.24, 2.45) is 7.05 Å². The standard InChI is InChI=1S/C22H27N5O2/c1-25-19-6-4-10-27(22(28)18(19)15-23-25)14-13-26-11-8-16(9-12-26)21-17-5-2-3-7-20(17)29-24-21/h2-3,5,7,15-16H,4,6,8-14H2,1H3. The number of para-hydroxylation sites is 1. The second-order valence-corrected chi connectivity index (χ2v) is 8.20. The first-order valence-corrected chi connectivity index (χ1v) is 10.6. The number of rotatable bonds is 4. The highest BCUT2D eigenvalue weighted by atomic mass is 16.5. The second-order valence-electron chi connectivity index (χ2n) is 8.20. The summed E-state index contributed by atoms with van der Waals surface area (Å²) in [6, 6.07) is 8.11. The van der Waals surface area contributed by atoms with Gasteiger partial charge in [-0.15, -0.1) is 0 Å². The Morgan fingerprint density at radius 3 is 2.83 bits per heavy atom. The summed E-state index contributed by atoms with van der Waals surface area (Å²) in [5.74, 6) is 0.585. The summed E-state index contributed by atoms with van der Waals surface area (Å²) < 4.78 is 7.34. The van der Waals surface area contributed by atoms with E-state index < -0.39 is 0 Å². The second kappa shape index (κ2) is 7.63. The van der Waals surface area contributed by atoms with Crippen LogP contribution in [0.4, 0.5) is 0 Å². The van der Waals surface area contributed by atoms with Gasteiger partial charge in [0.05, 0.1) is 23.1 Å². The van der Waals surface area contributed by atoms with E-state index in [0.29, 0.717) is 5.92 Å². The zero-order valence-corrected chi connectivity index (χ0v) is 16.9. The minimum atomic E-state index is 0.134. The van der Waals surface area contributed by atoms with Gasteiger partial charge < -0.3 is 14.3 Å². The minimum absolute atomic E-state index is 0.134. The van der Waals surface area contributed by atoms with Crippen LogP contribution >= 0.6 is 0 Å². The lowest BCUT2D eigenvalue weighted by molar-refractivity contribution is 0.0732. The van der Waals surface area contributed by atoms with E-state index >= 15 is 0 Å². The first kappa shape index (κ1) is 18.4. The molecule has 4 heterocycles. The van der Waals surface area contributed by atoms with E-state index in [4.69, 9.17) is 4.52 Å². The van der Waals surface area contributed by atoms with E-state index in [1.54, 1.807) is 6.20 Å². The van der Waals surface area contributed by atoms with E-state index in [0.717, 1.165) is 86.3 Å². The summed E-state index contributed by atoms with van der Waals surface area (Å²) in [4.78, 5) is 17.4. The Bertz CT molecular complexity index is 1020. The zero-order chi connectivity index (χ0) is 19.8. The van der Waals surface area contributed by atoms with Crippen molar-refractivity contribution in [2.45, 2.75) is 31.6 Å². The molecule has 0 aliphatic carbocycles. The fraction of sp³-hybridized carbons (Fsp3) is 0.500. The van der Waals surface area contributed by atoms with Crippen LogP contribution in [0.1, 0.15) is 46.9 Å². The summed E-state index contributed by atoms with van der Waals surface area (Å²) in [5.41, 5.74) is 3.83. The topological polar surface area (TPSA) is 67.4 Å². The molecule has 29 heavy (non-hydrogen) atoms. The molecule has 3 aromatic rings. The van der Waals surface area contributed by atoms with Crippen LogP contribution in [0.25, 0.3) is 11.0 Å². The Morgan fingerprint density at radius 1 is 1.14 bits per heavy atom. The Balaban J connectivity index is 1.18. The first-order chi connectivity index (χ1) is 14.2. The van der Waals surface area contributed by atoms with Gasteiger partial charge in [0.25, 0.3) is 5.91 Å². The van der Waals surface area contributed by atoms with Gasteiger partial charge in [0, 0.05) is 38.0 Å². The number of aromatic nitrogens is 3. The third-order valence-corrected chi connectivity index (χ3v) is 6.49. The summed E-state index contributed by atoms with van der Waals surface area (Å²) in [7, 11) is 1.92. The van der Waals surface area contributed by atoms with Crippen molar-refractivity contribution < 1.29 is 9.32 Å². The molecule has 1 fully saturated rings. The van der Waals surface area contributed by atoms with Crippen LogP contribution in [0.3, 0.4) is 0 Å². The van der Waals surface area contributed by atoms with E-state index in [1.807, 2.05) is 34.8 Å². The number of benzene rings is 1. The number of hydrogen-bond acceptors (Lipinski definition) is 5. The molecule has 0 unspecified atom stereocenters. The lowest BCUT2D eigenvalue weighted by Crippen LogP contribution is -2.41. The molecule has 2 aromatic heterocycles. The monoisotopic (exact) mass is 393 g/mol. The molecule has 1 amide bonds. The molecule has 0 radical (unpaired) electrons. The summed E-state index contributed by atoms with van der Waals surface area (Å²) in [6.07, 6.45) is 5.81. The molecule has 152 valence electrons. The normalized spacial score (nSPS) is 18.9. The Morgan fingerprint density at radius 2 is 1.97 bits per heavy atom. The molecule has 0 atom stereocenters. The van der Waals surface area contributed by atoms with Crippen LogP contribution in [-0.2, 0) is 13.5 Å². The molecule has 0 saturated carbocycles. The Kier molecular flexibility index (Phi) is 4.83. The highest BCUT2D eigenvalue weighted by molar-refractivity contribution is 5.95. The van der Waals surface area contributed by atoms with Gasteiger partial charge in [-0.3, -0.25) is 9.48 Å². The Hall–Kier alpha value is -2.67. The van der Waals surface area contributed by atoms with Crippen molar-refractivity contribution in [1.29, 1.82) is 0 Å². The molecule has 1 aromatic carbocycles. The number of carbonyl (C=O) groups excluding carboxylic acids is 1. The average molecular weight is 393 g/mol.